The van der Waals surface area contributed by atoms with Crippen molar-refractivity contribution in [3.63, 3.8) is 0 Å². The van der Waals surface area contributed by atoms with E-state index >= 15 is 0 Å². The van der Waals surface area contributed by atoms with Crippen LogP contribution in [-0.4, -0.2) is 34.4 Å². The van der Waals surface area contributed by atoms with Crippen LogP contribution in [0.2, 0.25) is 0 Å². The van der Waals surface area contributed by atoms with Crippen LogP contribution in [0.25, 0.3) is 0 Å². The zero-order valence-corrected chi connectivity index (χ0v) is 12.4. The summed E-state index contributed by atoms with van der Waals surface area (Å²) < 4.78 is 49.7. The van der Waals surface area contributed by atoms with E-state index in [9.17, 15) is 16.8 Å². The fourth-order valence-corrected chi connectivity index (χ4v) is 5.06. The van der Waals surface area contributed by atoms with Crippen molar-refractivity contribution < 1.29 is 16.8 Å². The standard InChI is InChI=1S/C11H17N3O4S2/c12-14-9-3-5-10(6-4-9)20(17,18)13-8-11-2-1-7-19(11,15)16/h3-6,11,13-14H,1-2,7-8,12H2. The van der Waals surface area contributed by atoms with Crippen LogP contribution in [0.5, 0.6) is 0 Å². The highest BCUT2D eigenvalue weighted by atomic mass is 32.2. The van der Waals surface area contributed by atoms with Crippen LogP contribution in [-0.2, 0) is 19.9 Å². The third-order valence-corrected chi connectivity index (χ3v) is 7.01. The summed E-state index contributed by atoms with van der Waals surface area (Å²) in [5.74, 6) is 5.33. The Morgan fingerprint density at radius 1 is 1.25 bits per heavy atom. The third kappa shape index (κ3) is 3.29. The Morgan fingerprint density at radius 2 is 1.90 bits per heavy atom. The van der Waals surface area contributed by atoms with Crippen molar-refractivity contribution in [1.82, 2.24) is 4.72 Å². The van der Waals surface area contributed by atoms with Crippen LogP contribution < -0.4 is 16.0 Å². The van der Waals surface area contributed by atoms with Gasteiger partial charge < -0.3 is 5.43 Å². The average Bonchev–Trinajstić information content (AvgIpc) is 2.75. The van der Waals surface area contributed by atoms with Gasteiger partial charge in [-0.25, -0.2) is 21.6 Å². The zero-order valence-electron chi connectivity index (χ0n) is 10.7. The largest absolute Gasteiger partial charge is 0.324 e. The first-order valence-electron chi connectivity index (χ1n) is 6.13. The van der Waals surface area contributed by atoms with Crippen LogP contribution >= 0.6 is 0 Å². The summed E-state index contributed by atoms with van der Waals surface area (Å²) in [6.45, 7) is -0.0818. The number of hydrazine groups is 1. The maximum atomic E-state index is 12.0. The van der Waals surface area contributed by atoms with Gasteiger partial charge in [-0.15, -0.1) is 0 Å². The molecule has 0 spiro atoms. The minimum atomic E-state index is -3.71. The Hall–Kier alpha value is -1.16. The molecule has 0 bridgehead atoms. The topological polar surface area (TPSA) is 118 Å². The summed E-state index contributed by atoms with van der Waals surface area (Å²) in [5.41, 5.74) is 2.98. The SMILES string of the molecule is NNc1ccc(S(=O)(=O)NCC2CCCS2(=O)=O)cc1. The van der Waals surface area contributed by atoms with Gasteiger partial charge in [-0.3, -0.25) is 5.84 Å². The minimum Gasteiger partial charge on any atom is -0.324 e. The van der Waals surface area contributed by atoms with Crippen LogP contribution in [0.1, 0.15) is 12.8 Å². The molecule has 1 aromatic rings. The Labute approximate surface area is 118 Å². The Bertz CT molecular complexity index is 668. The number of hydrogen-bond acceptors (Lipinski definition) is 6. The van der Waals surface area contributed by atoms with E-state index in [1.54, 1.807) is 0 Å². The molecule has 1 aliphatic heterocycles. The highest BCUT2D eigenvalue weighted by molar-refractivity contribution is 7.92. The molecule has 4 N–H and O–H groups in total. The number of sulfonamides is 1. The molecule has 0 aliphatic carbocycles. The monoisotopic (exact) mass is 319 g/mol. The number of nitrogens with two attached hydrogens (primary N) is 1. The van der Waals surface area contributed by atoms with Gasteiger partial charge >= 0.3 is 0 Å². The maximum Gasteiger partial charge on any atom is 0.240 e. The number of nitrogens with one attached hydrogen (secondary N) is 2. The van der Waals surface area contributed by atoms with Gasteiger partial charge in [0.1, 0.15) is 0 Å². The zero-order chi connectivity index (χ0) is 14.8. The molecule has 0 amide bonds. The molecule has 1 unspecified atom stereocenters. The van der Waals surface area contributed by atoms with Gasteiger partial charge in [0.2, 0.25) is 10.0 Å². The van der Waals surface area contributed by atoms with E-state index in [2.05, 4.69) is 10.1 Å². The molecule has 1 fully saturated rings. The summed E-state index contributed by atoms with van der Waals surface area (Å²) in [4.78, 5) is 0.0758. The van der Waals surface area contributed by atoms with Gasteiger partial charge in [-0.1, -0.05) is 0 Å². The number of anilines is 1. The summed E-state index contributed by atoms with van der Waals surface area (Å²) in [6.07, 6.45) is 1.09. The summed E-state index contributed by atoms with van der Waals surface area (Å²) in [7, 11) is -6.86. The number of nitrogen functional groups attached to an aromatic ring is 1. The van der Waals surface area contributed by atoms with Gasteiger partial charge in [0.05, 0.1) is 15.9 Å². The van der Waals surface area contributed by atoms with E-state index in [4.69, 9.17) is 5.84 Å². The van der Waals surface area contributed by atoms with Gasteiger partial charge in [-0.05, 0) is 37.1 Å². The van der Waals surface area contributed by atoms with Crippen LogP contribution in [0.15, 0.2) is 29.2 Å². The normalized spacial score (nSPS) is 21.8. The molecular weight excluding hydrogens is 302 g/mol. The molecule has 7 nitrogen and oxygen atoms in total. The lowest BCUT2D eigenvalue weighted by molar-refractivity contribution is 0.571. The van der Waals surface area contributed by atoms with E-state index < -0.39 is 25.1 Å². The molecule has 112 valence electrons. The minimum absolute atomic E-state index is 0.0758. The second kappa shape index (κ2) is 5.68. The second-order valence-electron chi connectivity index (χ2n) is 4.65. The van der Waals surface area contributed by atoms with E-state index in [1.165, 1.54) is 24.3 Å². The molecule has 1 aliphatic rings. The smallest absolute Gasteiger partial charge is 0.240 e. The van der Waals surface area contributed by atoms with Gasteiger partial charge in [0.25, 0.3) is 0 Å². The molecule has 2 rings (SSSR count). The van der Waals surface area contributed by atoms with Crippen LogP contribution in [0.3, 0.4) is 0 Å². The van der Waals surface area contributed by atoms with Gasteiger partial charge in [0, 0.05) is 12.2 Å². The number of hydrogen-bond donors (Lipinski definition) is 3. The summed E-state index contributed by atoms with van der Waals surface area (Å²) >= 11 is 0. The second-order valence-corrected chi connectivity index (χ2v) is 8.82. The molecule has 0 saturated carbocycles. The van der Waals surface area contributed by atoms with E-state index in [1.807, 2.05) is 0 Å². The van der Waals surface area contributed by atoms with Crippen molar-refractivity contribution in [1.29, 1.82) is 0 Å². The number of rotatable bonds is 5. The predicted octanol–water partition coefficient (Wildman–Crippen LogP) is -0.172. The summed E-state index contributed by atoms with van der Waals surface area (Å²) in [5, 5.41) is -0.623. The van der Waals surface area contributed by atoms with E-state index in [-0.39, 0.29) is 17.2 Å². The Morgan fingerprint density at radius 3 is 2.40 bits per heavy atom. The average molecular weight is 319 g/mol. The van der Waals surface area contributed by atoms with E-state index in [0.717, 1.165) is 0 Å². The third-order valence-electron chi connectivity index (χ3n) is 3.30. The van der Waals surface area contributed by atoms with Gasteiger partial charge in [-0.2, -0.15) is 0 Å². The van der Waals surface area contributed by atoms with Crippen LogP contribution in [0.4, 0.5) is 5.69 Å². The molecule has 0 radical (unpaired) electrons. The fraction of sp³-hybridized carbons (Fsp3) is 0.455. The van der Waals surface area contributed by atoms with Crippen molar-refractivity contribution >= 4 is 25.5 Å². The highest BCUT2D eigenvalue weighted by Crippen LogP contribution is 2.20. The maximum absolute atomic E-state index is 12.0. The Kier molecular flexibility index (Phi) is 4.33. The first-order valence-corrected chi connectivity index (χ1v) is 9.33. The molecule has 9 heteroatoms. The first-order chi connectivity index (χ1) is 9.35. The highest BCUT2D eigenvalue weighted by Gasteiger charge is 2.32. The molecule has 1 heterocycles. The quantitative estimate of drug-likeness (QED) is 0.512. The molecule has 1 saturated heterocycles. The van der Waals surface area contributed by atoms with Crippen molar-refractivity contribution in [3.05, 3.63) is 24.3 Å². The fourth-order valence-electron chi connectivity index (χ4n) is 2.10. The number of sulfone groups is 1. The molecule has 20 heavy (non-hydrogen) atoms. The van der Waals surface area contributed by atoms with Gasteiger partial charge in [0.15, 0.2) is 9.84 Å². The molecule has 1 aromatic carbocycles. The molecule has 1 atom stereocenters. The van der Waals surface area contributed by atoms with Crippen molar-refractivity contribution in [2.45, 2.75) is 23.0 Å². The lowest BCUT2D eigenvalue weighted by atomic mass is 10.2. The molecule has 0 aromatic heterocycles. The van der Waals surface area contributed by atoms with Crippen molar-refractivity contribution in [3.8, 4) is 0 Å². The van der Waals surface area contributed by atoms with E-state index in [0.29, 0.717) is 18.5 Å². The lowest BCUT2D eigenvalue weighted by Gasteiger charge is -2.11. The number of benzene rings is 1. The first kappa shape index (κ1) is 15.2. The predicted molar refractivity (Wildman–Crippen MR) is 76.2 cm³/mol. The van der Waals surface area contributed by atoms with Crippen molar-refractivity contribution in [2.24, 2.45) is 5.84 Å². The van der Waals surface area contributed by atoms with Crippen molar-refractivity contribution in [2.75, 3.05) is 17.7 Å². The van der Waals surface area contributed by atoms with Crippen LogP contribution in [0, 0.1) is 0 Å². The summed E-state index contributed by atoms with van der Waals surface area (Å²) in [6, 6.07) is 5.86. The molecular formula is C11H17N3O4S2. The Balaban J connectivity index is 2.07. The lowest BCUT2D eigenvalue weighted by Crippen LogP contribution is -2.34.